The molecule has 5 heteroatoms. The van der Waals surface area contributed by atoms with Crippen LogP contribution < -0.4 is 11.3 Å². The van der Waals surface area contributed by atoms with E-state index in [0.717, 1.165) is 16.7 Å². The molecule has 0 fully saturated rings. The van der Waals surface area contributed by atoms with E-state index in [4.69, 9.17) is 5.84 Å². The summed E-state index contributed by atoms with van der Waals surface area (Å²) in [5.74, 6) is 5.70. The topological polar surface area (TPSA) is 72.2 Å². The van der Waals surface area contributed by atoms with Crippen LogP contribution in [0.25, 0.3) is 0 Å². The molecule has 1 atom stereocenters. The predicted molar refractivity (Wildman–Crippen MR) is 84.6 cm³/mol. The maximum absolute atomic E-state index is 11.7. The fraction of sp³-hybridized carbons (Fsp3) is 0.250. The first kappa shape index (κ1) is 15.7. The van der Waals surface area contributed by atoms with Gasteiger partial charge in [0.1, 0.15) is 0 Å². The largest absolute Gasteiger partial charge is 0.271 e. The van der Waals surface area contributed by atoms with Crippen molar-refractivity contribution in [3.63, 3.8) is 0 Å². The Labute approximate surface area is 125 Å². The Morgan fingerprint density at radius 3 is 2.38 bits per heavy atom. The molecular formula is C16H20N2O2S. The van der Waals surface area contributed by atoms with Crippen LogP contribution in [0.2, 0.25) is 0 Å². The fourth-order valence-corrected chi connectivity index (χ4v) is 3.12. The van der Waals surface area contributed by atoms with Gasteiger partial charge in [-0.05, 0) is 42.7 Å². The molecule has 0 aromatic heterocycles. The number of hydrazine groups is 1. The smallest absolute Gasteiger partial charge is 0.175 e. The number of nitrogens with one attached hydrogen (secondary N) is 1. The Morgan fingerprint density at radius 2 is 1.81 bits per heavy atom. The van der Waals surface area contributed by atoms with Gasteiger partial charge < -0.3 is 0 Å². The second-order valence-electron chi connectivity index (χ2n) is 5.30. The number of rotatable bonds is 4. The Balaban J connectivity index is 2.51. The Bertz CT molecular complexity index is 755. The minimum atomic E-state index is -3.23. The van der Waals surface area contributed by atoms with Crippen molar-refractivity contribution in [3.8, 4) is 0 Å². The minimum Gasteiger partial charge on any atom is -0.271 e. The van der Waals surface area contributed by atoms with Crippen molar-refractivity contribution in [2.24, 2.45) is 5.84 Å². The van der Waals surface area contributed by atoms with E-state index >= 15 is 0 Å². The molecule has 0 heterocycles. The standard InChI is InChI=1S/C16H20N2O2S/c1-11-7-8-15(12(2)9-11)16(18-17)13-5-4-6-14(10-13)21(3,19)20/h4-10,16,18H,17H2,1-3H3. The van der Waals surface area contributed by atoms with Crippen LogP contribution in [0.3, 0.4) is 0 Å². The van der Waals surface area contributed by atoms with Gasteiger partial charge in [-0.3, -0.25) is 5.84 Å². The monoisotopic (exact) mass is 304 g/mol. The summed E-state index contributed by atoms with van der Waals surface area (Å²) in [6.45, 7) is 4.05. The van der Waals surface area contributed by atoms with Gasteiger partial charge in [0, 0.05) is 6.26 Å². The van der Waals surface area contributed by atoms with Crippen molar-refractivity contribution in [2.75, 3.05) is 6.26 Å². The highest BCUT2D eigenvalue weighted by atomic mass is 32.2. The van der Waals surface area contributed by atoms with Crippen LogP contribution in [-0.2, 0) is 9.84 Å². The van der Waals surface area contributed by atoms with E-state index < -0.39 is 9.84 Å². The Kier molecular flexibility index (Phi) is 4.46. The van der Waals surface area contributed by atoms with Crippen molar-refractivity contribution in [2.45, 2.75) is 24.8 Å². The molecule has 0 saturated carbocycles. The van der Waals surface area contributed by atoms with Crippen molar-refractivity contribution in [1.29, 1.82) is 0 Å². The van der Waals surface area contributed by atoms with Gasteiger partial charge in [-0.15, -0.1) is 0 Å². The van der Waals surface area contributed by atoms with Gasteiger partial charge in [0.15, 0.2) is 9.84 Å². The highest BCUT2D eigenvalue weighted by molar-refractivity contribution is 7.90. The molecule has 0 bridgehead atoms. The first-order valence-corrected chi connectivity index (χ1v) is 8.55. The Hall–Kier alpha value is -1.69. The Morgan fingerprint density at radius 1 is 1.10 bits per heavy atom. The van der Waals surface area contributed by atoms with Crippen molar-refractivity contribution in [3.05, 3.63) is 64.7 Å². The van der Waals surface area contributed by atoms with E-state index in [9.17, 15) is 8.42 Å². The lowest BCUT2D eigenvalue weighted by Gasteiger charge is -2.20. The summed E-state index contributed by atoms with van der Waals surface area (Å²) in [7, 11) is -3.23. The lowest BCUT2D eigenvalue weighted by atomic mass is 9.94. The molecule has 4 nitrogen and oxygen atoms in total. The molecule has 0 saturated heterocycles. The molecule has 0 spiro atoms. The molecule has 0 aliphatic heterocycles. The molecule has 3 N–H and O–H groups in total. The van der Waals surface area contributed by atoms with Crippen LogP contribution >= 0.6 is 0 Å². The van der Waals surface area contributed by atoms with Crippen molar-refractivity contribution >= 4 is 9.84 Å². The molecule has 0 aliphatic rings. The van der Waals surface area contributed by atoms with E-state index in [1.165, 1.54) is 11.8 Å². The predicted octanol–water partition coefficient (Wildman–Crippen LogP) is 2.26. The minimum absolute atomic E-state index is 0.243. The molecular weight excluding hydrogens is 284 g/mol. The van der Waals surface area contributed by atoms with Gasteiger partial charge in [0.25, 0.3) is 0 Å². The van der Waals surface area contributed by atoms with E-state index in [-0.39, 0.29) is 6.04 Å². The molecule has 2 aromatic rings. The summed E-state index contributed by atoms with van der Waals surface area (Å²) in [6.07, 6.45) is 1.20. The number of hydrogen-bond donors (Lipinski definition) is 2. The zero-order chi connectivity index (χ0) is 15.6. The number of aryl methyl sites for hydroxylation is 2. The second kappa shape index (κ2) is 5.97. The van der Waals surface area contributed by atoms with Crippen LogP contribution in [0.4, 0.5) is 0 Å². The average Bonchev–Trinajstić information content (AvgIpc) is 2.41. The van der Waals surface area contributed by atoms with Crippen LogP contribution in [0.1, 0.15) is 28.3 Å². The summed E-state index contributed by atoms with van der Waals surface area (Å²) < 4.78 is 23.4. The molecule has 2 aromatic carbocycles. The third-order valence-corrected chi connectivity index (χ3v) is 4.63. The number of nitrogens with two attached hydrogens (primary N) is 1. The maximum atomic E-state index is 11.7. The van der Waals surface area contributed by atoms with Crippen LogP contribution in [0, 0.1) is 13.8 Å². The lowest BCUT2D eigenvalue weighted by molar-refractivity contribution is 0.600. The van der Waals surface area contributed by atoms with E-state index in [1.807, 2.05) is 32.0 Å². The zero-order valence-electron chi connectivity index (χ0n) is 12.4. The second-order valence-corrected chi connectivity index (χ2v) is 7.32. The first-order valence-electron chi connectivity index (χ1n) is 6.66. The number of benzene rings is 2. The maximum Gasteiger partial charge on any atom is 0.175 e. The normalized spacial score (nSPS) is 13.1. The SMILES string of the molecule is Cc1ccc(C(NN)c2cccc(S(C)(=O)=O)c2)c(C)c1. The molecule has 0 amide bonds. The first-order chi connectivity index (χ1) is 9.82. The third-order valence-electron chi connectivity index (χ3n) is 3.52. The van der Waals surface area contributed by atoms with Gasteiger partial charge in [-0.1, -0.05) is 35.9 Å². The zero-order valence-corrected chi connectivity index (χ0v) is 13.2. The van der Waals surface area contributed by atoms with Gasteiger partial charge in [-0.25, -0.2) is 13.8 Å². The molecule has 21 heavy (non-hydrogen) atoms. The lowest BCUT2D eigenvalue weighted by Crippen LogP contribution is -2.29. The average molecular weight is 304 g/mol. The number of sulfone groups is 1. The summed E-state index contributed by atoms with van der Waals surface area (Å²) in [5.41, 5.74) is 6.93. The quantitative estimate of drug-likeness (QED) is 0.671. The summed E-state index contributed by atoms with van der Waals surface area (Å²) >= 11 is 0. The fourth-order valence-electron chi connectivity index (χ4n) is 2.44. The summed E-state index contributed by atoms with van der Waals surface area (Å²) in [4.78, 5) is 0.296. The molecule has 0 radical (unpaired) electrons. The molecule has 1 unspecified atom stereocenters. The van der Waals surface area contributed by atoms with Gasteiger partial charge in [0.2, 0.25) is 0 Å². The van der Waals surface area contributed by atoms with E-state index in [2.05, 4.69) is 11.5 Å². The van der Waals surface area contributed by atoms with E-state index in [0.29, 0.717) is 4.90 Å². The number of hydrogen-bond acceptors (Lipinski definition) is 4. The van der Waals surface area contributed by atoms with Crippen molar-refractivity contribution in [1.82, 2.24) is 5.43 Å². The third kappa shape index (κ3) is 3.50. The van der Waals surface area contributed by atoms with Crippen LogP contribution in [0.5, 0.6) is 0 Å². The summed E-state index contributed by atoms with van der Waals surface area (Å²) in [6, 6.07) is 12.7. The molecule has 112 valence electrons. The van der Waals surface area contributed by atoms with Crippen molar-refractivity contribution < 1.29 is 8.42 Å². The molecule has 0 aliphatic carbocycles. The van der Waals surface area contributed by atoms with Gasteiger partial charge in [-0.2, -0.15) is 0 Å². The highest BCUT2D eigenvalue weighted by Crippen LogP contribution is 2.26. The highest BCUT2D eigenvalue weighted by Gasteiger charge is 2.17. The van der Waals surface area contributed by atoms with Gasteiger partial charge >= 0.3 is 0 Å². The van der Waals surface area contributed by atoms with Crippen LogP contribution in [-0.4, -0.2) is 14.7 Å². The summed E-state index contributed by atoms with van der Waals surface area (Å²) in [5, 5.41) is 0. The van der Waals surface area contributed by atoms with Crippen LogP contribution in [0.15, 0.2) is 47.4 Å². The van der Waals surface area contributed by atoms with E-state index in [1.54, 1.807) is 18.2 Å². The van der Waals surface area contributed by atoms with Gasteiger partial charge in [0.05, 0.1) is 10.9 Å². The molecule has 2 rings (SSSR count).